The molecule has 1 fully saturated rings. The third-order valence-corrected chi connectivity index (χ3v) is 4.51. The van der Waals surface area contributed by atoms with Crippen molar-refractivity contribution >= 4 is 10.0 Å². The lowest BCUT2D eigenvalue weighted by atomic mass is 10.2. The molecule has 3 N–H and O–H groups in total. The Morgan fingerprint density at radius 2 is 2.22 bits per heavy atom. The number of sulfonamides is 1. The summed E-state index contributed by atoms with van der Waals surface area (Å²) in [5, 5.41) is 8.77. The Morgan fingerprint density at radius 1 is 1.50 bits per heavy atom. The van der Waals surface area contributed by atoms with Crippen LogP contribution in [0.5, 0.6) is 0 Å². The molecule has 1 aliphatic carbocycles. The number of nitrogens with zero attached hydrogens (tertiary/aromatic N) is 1. The van der Waals surface area contributed by atoms with Crippen LogP contribution in [-0.4, -0.2) is 21.0 Å². The van der Waals surface area contributed by atoms with E-state index < -0.39 is 10.0 Å². The van der Waals surface area contributed by atoms with Crippen molar-refractivity contribution in [2.45, 2.75) is 23.8 Å². The van der Waals surface area contributed by atoms with Gasteiger partial charge in [-0.2, -0.15) is 5.26 Å². The Kier molecular flexibility index (Phi) is 3.66. The first-order valence-corrected chi connectivity index (χ1v) is 7.27. The van der Waals surface area contributed by atoms with Crippen LogP contribution in [0.3, 0.4) is 0 Å². The van der Waals surface area contributed by atoms with Gasteiger partial charge in [0.25, 0.3) is 0 Å². The lowest BCUT2D eigenvalue weighted by Gasteiger charge is -2.16. The average Bonchev–Trinajstić information content (AvgIpc) is 3.20. The minimum Gasteiger partial charge on any atom is -0.329 e. The maximum absolute atomic E-state index is 12.1. The van der Waals surface area contributed by atoms with E-state index in [1.54, 1.807) is 12.1 Å². The Bertz CT molecular complexity index is 573. The first-order chi connectivity index (χ1) is 8.56. The maximum atomic E-state index is 12.1. The second-order valence-corrected chi connectivity index (χ2v) is 6.15. The monoisotopic (exact) mass is 265 g/mol. The van der Waals surface area contributed by atoms with Crippen molar-refractivity contribution in [2.24, 2.45) is 11.7 Å². The molecule has 0 aromatic heterocycles. The van der Waals surface area contributed by atoms with Gasteiger partial charge in [-0.3, -0.25) is 0 Å². The summed E-state index contributed by atoms with van der Waals surface area (Å²) >= 11 is 0. The normalized spacial score (nSPS) is 17.1. The van der Waals surface area contributed by atoms with Gasteiger partial charge >= 0.3 is 0 Å². The fourth-order valence-electron chi connectivity index (χ4n) is 1.84. The molecule has 1 unspecified atom stereocenters. The van der Waals surface area contributed by atoms with E-state index in [0.29, 0.717) is 18.0 Å². The van der Waals surface area contributed by atoms with Crippen molar-refractivity contribution in [3.05, 3.63) is 29.8 Å². The maximum Gasteiger partial charge on any atom is 0.240 e. The van der Waals surface area contributed by atoms with Crippen molar-refractivity contribution in [1.29, 1.82) is 5.26 Å². The molecule has 0 heterocycles. The molecule has 6 heteroatoms. The lowest BCUT2D eigenvalue weighted by molar-refractivity contribution is 0.519. The number of nitriles is 1. The highest BCUT2D eigenvalue weighted by Gasteiger charge is 2.33. The molecule has 0 saturated heterocycles. The zero-order chi connectivity index (χ0) is 13.2. The highest BCUT2D eigenvalue weighted by molar-refractivity contribution is 7.89. The topological polar surface area (TPSA) is 96.0 Å². The highest BCUT2D eigenvalue weighted by atomic mass is 32.2. The Hall–Kier alpha value is -1.42. The fraction of sp³-hybridized carbons (Fsp3) is 0.417. The van der Waals surface area contributed by atoms with Crippen LogP contribution < -0.4 is 10.5 Å². The molecular weight excluding hydrogens is 250 g/mol. The predicted octanol–water partition coefficient (Wildman–Crippen LogP) is 0.574. The lowest BCUT2D eigenvalue weighted by Crippen LogP contribution is -2.41. The molecule has 0 spiro atoms. The molecule has 0 aliphatic heterocycles. The summed E-state index contributed by atoms with van der Waals surface area (Å²) in [6.45, 7) is 0.293. The zero-order valence-corrected chi connectivity index (χ0v) is 10.7. The van der Waals surface area contributed by atoms with Crippen molar-refractivity contribution in [2.75, 3.05) is 6.54 Å². The van der Waals surface area contributed by atoms with Crippen molar-refractivity contribution in [3.63, 3.8) is 0 Å². The number of benzene rings is 1. The number of nitrogens with one attached hydrogen (secondary N) is 1. The van der Waals surface area contributed by atoms with Crippen molar-refractivity contribution in [1.82, 2.24) is 4.72 Å². The molecule has 0 amide bonds. The van der Waals surface area contributed by atoms with Crippen molar-refractivity contribution < 1.29 is 8.42 Å². The quantitative estimate of drug-likeness (QED) is 0.813. The third kappa shape index (κ3) is 2.88. The van der Waals surface area contributed by atoms with Gasteiger partial charge < -0.3 is 5.73 Å². The predicted molar refractivity (Wildman–Crippen MR) is 67.0 cm³/mol. The van der Waals surface area contributed by atoms with E-state index in [2.05, 4.69) is 4.72 Å². The molecule has 1 atom stereocenters. The summed E-state index contributed by atoms with van der Waals surface area (Å²) in [7, 11) is -3.59. The average molecular weight is 265 g/mol. The van der Waals surface area contributed by atoms with Crippen LogP contribution in [-0.2, 0) is 10.0 Å². The zero-order valence-electron chi connectivity index (χ0n) is 9.83. The van der Waals surface area contributed by atoms with Gasteiger partial charge in [-0.15, -0.1) is 0 Å². The van der Waals surface area contributed by atoms with Gasteiger partial charge in [-0.25, -0.2) is 13.1 Å². The van der Waals surface area contributed by atoms with E-state index in [1.807, 2.05) is 6.07 Å². The van der Waals surface area contributed by atoms with Crippen LogP contribution in [0.1, 0.15) is 18.4 Å². The van der Waals surface area contributed by atoms with Gasteiger partial charge in [0.1, 0.15) is 0 Å². The summed E-state index contributed by atoms with van der Waals surface area (Å²) in [5.74, 6) is 0.351. The number of hydrogen-bond acceptors (Lipinski definition) is 4. The summed E-state index contributed by atoms with van der Waals surface area (Å²) in [6.07, 6.45) is 2.03. The Labute approximate surface area is 107 Å². The summed E-state index contributed by atoms with van der Waals surface area (Å²) in [4.78, 5) is 0.112. The summed E-state index contributed by atoms with van der Waals surface area (Å²) < 4.78 is 26.9. The fourth-order valence-corrected chi connectivity index (χ4v) is 3.20. The first-order valence-electron chi connectivity index (χ1n) is 5.79. The van der Waals surface area contributed by atoms with Gasteiger partial charge in [0.2, 0.25) is 10.0 Å². The Balaban J connectivity index is 2.21. The van der Waals surface area contributed by atoms with Gasteiger partial charge in [-0.1, -0.05) is 6.07 Å². The highest BCUT2D eigenvalue weighted by Crippen LogP contribution is 2.32. The second kappa shape index (κ2) is 5.06. The van der Waals surface area contributed by atoms with Gasteiger partial charge in [-0.05, 0) is 37.0 Å². The molecule has 96 valence electrons. The van der Waals surface area contributed by atoms with Crippen LogP contribution in [0, 0.1) is 17.2 Å². The molecule has 5 nitrogen and oxygen atoms in total. The standard InChI is InChI=1S/C12H15N3O2S/c13-7-9-2-1-3-11(6-9)18(16,17)15-12(8-14)10-4-5-10/h1-3,6,10,12,15H,4-5,8,14H2. The molecule has 18 heavy (non-hydrogen) atoms. The van der Waals surface area contributed by atoms with E-state index in [1.165, 1.54) is 12.1 Å². The van der Waals surface area contributed by atoms with Crippen LogP contribution in [0.25, 0.3) is 0 Å². The summed E-state index contributed by atoms with van der Waals surface area (Å²) in [6, 6.07) is 7.68. The van der Waals surface area contributed by atoms with Gasteiger partial charge in [0, 0.05) is 12.6 Å². The van der Waals surface area contributed by atoms with Crippen LogP contribution >= 0.6 is 0 Å². The Morgan fingerprint density at radius 3 is 2.78 bits per heavy atom. The molecule has 0 bridgehead atoms. The van der Waals surface area contributed by atoms with Crippen LogP contribution in [0.4, 0.5) is 0 Å². The van der Waals surface area contributed by atoms with E-state index in [4.69, 9.17) is 11.0 Å². The molecule has 1 aromatic carbocycles. The van der Waals surface area contributed by atoms with Gasteiger partial charge in [0.15, 0.2) is 0 Å². The molecule has 1 aromatic rings. The number of rotatable bonds is 5. The minimum absolute atomic E-state index is 0.112. The molecule has 0 radical (unpaired) electrons. The van der Waals surface area contributed by atoms with E-state index in [0.717, 1.165) is 12.8 Å². The van der Waals surface area contributed by atoms with E-state index >= 15 is 0 Å². The molecule has 2 rings (SSSR count). The van der Waals surface area contributed by atoms with Crippen LogP contribution in [0.2, 0.25) is 0 Å². The minimum atomic E-state index is -3.59. The largest absolute Gasteiger partial charge is 0.329 e. The van der Waals surface area contributed by atoms with Gasteiger partial charge in [0.05, 0.1) is 16.5 Å². The van der Waals surface area contributed by atoms with E-state index in [9.17, 15) is 8.42 Å². The SMILES string of the molecule is N#Cc1cccc(S(=O)(=O)NC(CN)C2CC2)c1. The van der Waals surface area contributed by atoms with Crippen molar-refractivity contribution in [3.8, 4) is 6.07 Å². The van der Waals surface area contributed by atoms with E-state index in [-0.39, 0.29) is 10.9 Å². The molecule has 1 saturated carbocycles. The smallest absolute Gasteiger partial charge is 0.240 e. The summed E-state index contributed by atoms with van der Waals surface area (Å²) in [5.41, 5.74) is 5.90. The molecular formula is C12H15N3O2S. The second-order valence-electron chi connectivity index (χ2n) is 4.44. The number of hydrogen-bond donors (Lipinski definition) is 2. The third-order valence-electron chi connectivity index (χ3n) is 3.02. The number of nitrogens with two attached hydrogens (primary N) is 1. The first kappa shape index (κ1) is 13.0. The van der Waals surface area contributed by atoms with Crippen LogP contribution in [0.15, 0.2) is 29.2 Å². The molecule has 1 aliphatic rings.